The molecule has 3 atom stereocenters. The predicted octanol–water partition coefficient (Wildman–Crippen LogP) is 0.346. The molecule has 1 unspecified atom stereocenters. The topological polar surface area (TPSA) is 58.9 Å². The van der Waals surface area contributed by atoms with E-state index >= 15 is 0 Å². The van der Waals surface area contributed by atoms with Gasteiger partial charge in [0.2, 0.25) is 0 Å². The number of nitrogens with one attached hydrogen (secondary N) is 1. The van der Waals surface area contributed by atoms with Crippen LogP contribution in [0, 0.1) is 0 Å². The van der Waals surface area contributed by atoms with Gasteiger partial charge in [-0.25, -0.2) is 0 Å². The number of tetrazole rings is 1. The van der Waals surface area contributed by atoms with Gasteiger partial charge in [-0.15, -0.1) is 10.2 Å². The molecule has 2 aliphatic rings. The first-order valence-corrected chi connectivity index (χ1v) is 7.09. The van der Waals surface area contributed by atoms with E-state index in [2.05, 4.69) is 49.9 Å². The van der Waals surface area contributed by atoms with Gasteiger partial charge in [0.1, 0.15) is 0 Å². The maximum Gasteiger partial charge on any atom is 0.196 e. The third-order valence-corrected chi connectivity index (χ3v) is 4.31. The Bertz CT molecular complexity index is 595. The summed E-state index contributed by atoms with van der Waals surface area (Å²) in [5.74, 6) is 0.797. The molecular weight excluding hydrogens is 252 g/mol. The summed E-state index contributed by atoms with van der Waals surface area (Å²) < 4.78 is 0. The molecule has 2 saturated heterocycles. The highest BCUT2D eigenvalue weighted by Gasteiger charge is 2.43. The summed E-state index contributed by atoms with van der Waals surface area (Å²) in [6.07, 6.45) is 1.23. The van der Waals surface area contributed by atoms with Crippen LogP contribution in [0.4, 0.5) is 0 Å². The lowest BCUT2D eigenvalue weighted by molar-refractivity contribution is 0.177. The van der Waals surface area contributed by atoms with E-state index in [4.69, 9.17) is 0 Å². The molecular formula is C14H18N6. The number of benzene rings is 1. The maximum atomic E-state index is 4.45. The van der Waals surface area contributed by atoms with Crippen LogP contribution in [0.1, 0.15) is 23.9 Å². The average molecular weight is 270 g/mol. The van der Waals surface area contributed by atoms with Crippen molar-refractivity contribution in [3.63, 3.8) is 0 Å². The Morgan fingerprint density at radius 3 is 2.75 bits per heavy atom. The summed E-state index contributed by atoms with van der Waals surface area (Å²) >= 11 is 0. The Labute approximate surface area is 117 Å². The summed E-state index contributed by atoms with van der Waals surface area (Å²) in [6.45, 7) is 2.12. The second-order valence-corrected chi connectivity index (χ2v) is 5.64. The number of hydrogen-bond donors (Lipinski definition) is 1. The molecule has 6 heteroatoms. The van der Waals surface area contributed by atoms with Crippen LogP contribution in [-0.4, -0.2) is 50.3 Å². The zero-order valence-corrected chi connectivity index (χ0v) is 11.5. The molecule has 1 aromatic heterocycles. The second kappa shape index (κ2) is 4.64. The van der Waals surface area contributed by atoms with Gasteiger partial charge in [-0.3, -0.25) is 4.90 Å². The Morgan fingerprint density at radius 1 is 1.30 bits per heavy atom. The van der Waals surface area contributed by atoms with Crippen molar-refractivity contribution in [2.75, 3.05) is 13.1 Å². The van der Waals surface area contributed by atoms with Crippen molar-refractivity contribution in [1.29, 1.82) is 0 Å². The minimum atomic E-state index is 0.113. The zero-order valence-electron chi connectivity index (χ0n) is 11.5. The minimum absolute atomic E-state index is 0.113. The fourth-order valence-corrected chi connectivity index (χ4v) is 3.44. The molecule has 3 heterocycles. The van der Waals surface area contributed by atoms with E-state index < -0.39 is 0 Å². The van der Waals surface area contributed by atoms with E-state index in [0.717, 1.165) is 18.9 Å². The van der Waals surface area contributed by atoms with Crippen LogP contribution in [0.15, 0.2) is 30.3 Å². The third kappa shape index (κ3) is 1.92. The lowest BCUT2D eigenvalue weighted by Gasteiger charge is -2.33. The second-order valence-electron chi connectivity index (χ2n) is 5.64. The lowest BCUT2D eigenvalue weighted by Crippen LogP contribution is -2.45. The first kappa shape index (κ1) is 12.0. The van der Waals surface area contributed by atoms with Crippen molar-refractivity contribution in [2.45, 2.75) is 24.5 Å². The fraction of sp³-hybridized carbons (Fsp3) is 0.500. The molecule has 2 aromatic rings. The lowest BCUT2D eigenvalue weighted by atomic mass is 10.0. The average Bonchev–Trinajstić information content (AvgIpc) is 3.18. The summed E-state index contributed by atoms with van der Waals surface area (Å²) in [7, 11) is 1.82. The van der Waals surface area contributed by atoms with E-state index in [1.54, 1.807) is 0 Å². The van der Waals surface area contributed by atoms with Crippen LogP contribution in [0.3, 0.4) is 0 Å². The SMILES string of the molecule is Cn1nnc(C(c2ccccc2)N2C[C@@H]3C[C@H]2CN3)n1. The van der Waals surface area contributed by atoms with Crippen LogP contribution in [-0.2, 0) is 7.05 Å². The minimum Gasteiger partial charge on any atom is -0.311 e. The highest BCUT2D eigenvalue weighted by Crippen LogP contribution is 2.35. The Balaban J connectivity index is 1.74. The van der Waals surface area contributed by atoms with Gasteiger partial charge in [0, 0.05) is 25.2 Å². The number of likely N-dealkylation sites (tertiary alicyclic amines) is 1. The molecule has 104 valence electrons. The highest BCUT2D eigenvalue weighted by molar-refractivity contribution is 5.25. The number of rotatable bonds is 3. The number of nitrogens with zero attached hydrogens (tertiary/aromatic N) is 5. The molecule has 0 spiro atoms. The molecule has 0 radical (unpaired) electrons. The number of hydrogen-bond acceptors (Lipinski definition) is 5. The number of aromatic nitrogens is 4. The van der Waals surface area contributed by atoms with E-state index in [-0.39, 0.29) is 6.04 Å². The maximum absolute atomic E-state index is 4.45. The summed E-state index contributed by atoms with van der Waals surface area (Å²) in [6, 6.07) is 11.8. The first-order valence-electron chi connectivity index (χ1n) is 7.09. The number of piperazine rings is 1. The summed E-state index contributed by atoms with van der Waals surface area (Å²) in [4.78, 5) is 4.06. The molecule has 2 aliphatic heterocycles. The molecule has 0 saturated carbocycles. The quantitative estimate of drug-likeness (QED) is 0.872. The Hall–Kier alpha value is -1.79. The molecule has 1 N–H and O–H groups in total. The van der Waals surface area contributed by atoms with E-state index in [9.17, 15) is 0 Å². The largest absolute Gasteiger partial charge is 0.311 e. The van der Waals surface area contributed by atoms with Crippen LogP contribution in [0.5, 0.6) is 0 Å². The summed E-state index contributed by atoms with van der Waals surface area (Å²) in [5, 5.41) is 16.3. The van der Waals surface area contributed by atoms with E-state index in [1.807, 2.05) is 13.1 Å². The smallest absolute Gasteiger partial charge is 0.196 e. The molecule has 2 fully saturated rings. The Morgan fingerprint density at radius 2 is 2.15 bits per heavy atom. The molecule has 0 aliphatic carbocycles. The molecule has 4 rings (SSSR count). The van der Waals surface area contributed by atoms with Gasteiger partial charge in [0.15, 0.2) is 5.82 Å². The van der Waals surface area contributed by atoms with Gasteiger partial charge in [0.05, 0.1) is 13.1 Å². The van der Waals surface area contributed by atoms with Crippen LogP contribution in [0.2, 0.25) is 0 Å². The van der Waals surface area contributed by atoms with Crippen molar-refractivity contribution in [3.05, 3.63) is 41.7 Å². The van der Waals surface area contributed by atoms with Crippen LogP contribution in [0.25, 0.3) is 0 Å². The molecule has 0 amide bonds. The first-order chi connectivity index (χ1) is 9.81. The predicted molar refractivity (Wildman–Crippen MR) is 74.0 cm³/mol. The van der Waals surface area contributed by atoms with Crippen LogP contribution < -0.4 is 5.32 Å². The molecule has 2 bridgehead atoms. The third-order valence-electron chi connectivity index (χ3n) is 4.31. The monoisotopic (exact) mass is 270 g/mol. The van der Waals surface area contributed by atoms with Crippen molar-refractivity contribution < 1.29 is 0 Å². The normalized spacial score (nSPS) is 27.1. The van der Waals surface area contributed by atoms with Gasteiger partial charge >= 0.3 is 0 Å². The van der Waals surface area contributed by atoms with Gasteiger partial charge in [0.25, 0.3) is 0 Å². The van der Waals surface area contributed by atoms with Gasteiger partial charge in [-0.05, 0) is 17.2 Å². The van der Waals surface area contributed by atoms with Crippen molar-refractivity contribution in [1.82, 2.24) is 30.4 Å². The fourth-order valence-electron chi connectivity index (χ4n) is 3.44. The summed E-state index contributed by atoms with van der Waals surface area (Å²) in [5.41, 5.74) is 1.24. The van der Waals surface area contributed by atoms with Crippen molar-refractivity contribution in [2.24, 2.45) is 7.05 Å². The van der Waals surface area contributed by atoms with Gasteiger partial charge < -0.3 is 5.32 Å². The zero-order chi connectivity index (χ0) is 13.5. The van der Waals surface area contributed by atoms with Gasteiger partial charge in [-0.1, -0.05) is 30.3 Å². The van der Waals surface area contributed by atoms with E-state index in [1.165, 1.54) is 16.8 Å². The molecule has 6 nitrogen and oxygen atoms in total. The van der Waals surface area contributed by atoms with Crippen LogP contribution >= 0.6 is 0 Å². The van der Waals surface area contributed by atoms with Crippen molar-refractivity contribution >= 4 is 0 Å². The standard InChI is InChI=1S/C14H18N6/c1-19-17-14(16-18-19)13(10-5-3-2-4-6-10)20-9-11-7-12(20)8-15-11/h2-6,11-13,15H,7-9H2,1H3/t11-,12-,13?/m0/s1. The highest BCUT2D eigenvalue weighted by atomic mass is 15.6. The van der Waals surface area contributed by atoms with Gasteiger partial charge in [-0.2, -0.15) is 4.80 Å². The molecule has 1 aromatic carbocycles. The van der Waals surface area contributed by atoms with E-state index in [0.29, 0.717) is 12.1 Å². The number of fused-ring (bicyclic) bond motifs is 2. The molecule has 20 heavy (non-hydrogen) atoms. The van der Waals surface area contributed by atoms with Crippen molar-refractivity contribution in [3.8, 4) is 0 Å². The Kier molecular flexibility index (Phi) is 2.78. The number of aryl methyl sites for hydroxylation is 1.